The molecule has 1 aromatic carbocycles. The molecular formula is C19H31N3O4S. The Kier molecular flexibility index (Phi) is 7.64. The minimum absolute atomic E-state index is 0.0764. The monoisotopic (exact) mass is 397 g/mol. The van der Waals surface area contributed by atoms with E-state index in [1.165, 1.54) is 0 Å². The Balaban J connectivity index is 1.69. The Morgan fingerprint density at radius 3 is 2.37 bits per heavy atom. The van der Waals surface area contributed by atoms with E-state index in [1.54, 1.807) is 0 Å². The van der Waals surface area contributed by atoms with Gasteiger partial charge in [-0.1, -0.05) is 25.0 Å². The lowest BCUT2D eigenvalue weighted by molar-refractivity contribution is 0.0636. The van der Waals surface area contributed by atoms with Gasteiger partial charge in [0.1, 0.15) is 5.60 Å². The second-order valence-electron chi connectivity index (χ2n) is 7.92. The molecule has 1 aliphatic rings. The fourth-order valence-corrected chi connectivity index (χ4v) is 4.15. The standard InChI is InChI=1S/C19H31N3O4S/c1-19(2,3)26-18(23)21-16-12-10-15(11-13-16)7-6-14-20-27(24,25)22-17-8-4-5-9-17/h10-13,17,20,22H,4-9,14H2,1-3H3,(H,21,23). The predicted molar refractivity (Wildman–Crippen MR) is 107 cm³/mol. The number of carbonyl (C=O) groups is 1. The van der Waals surface area contributed by atoms with Crippen LogP contribution in [-0.4, -0.2) is 32.7 Å². The zero-order valence-corrected chi connectivity index (χ0v) is 17.2. The summed E-state index contributed by atoms with van der Waals surface area (Å²) in [5, 5.41) is 2.69. The number of ether oxygens (including phenoxy) is 1. The summed E-state index contributed by atoms with van der Waals surface area (Å²) in [7, 11) is -3.42. The molecule has 0 saturated heterocycles. The summed E-state index contributed by atoms with van der Waals surface area (Å²) in [5.74, 6) is 0. The first-order valence-corrected chi connectivity index (χ1v) is 11.0. The molecule has 1 aromatic rings. The van der Waals surface area contributed by atoms with Crippen molar-refractivity contribution >= 4 is 22.0 Å². The lowest BCUT2D eigenvalue weighted by Gasteiger charge is -2.19. The van der Waals surface area contributed by atoms with Crippen LogP contribution in [0, 0.1) is 0 Å². The van der Waals surface area contributed by atoms with Gasteiger partial charge in [0.25, 0.3) is 10.2 Å². The minimum atomic E-state index is -3.42. The van der Waals surface area contributed by atoms with E-state index in [4.69, 9.17) is 4.74 Å². The molecule has 8 heteroatoms. The Hall–Kier alpha value is -1.64. The number of anilines is 1. The molecule has 1 fully saturated rings. The van der Waals surface area contributed by atoms with Crippen LogP contribution in [0.1, 0.15) is 58.4 Å². The summed E-state index contributed by atoms with van der Waals surface area (Å²) in [5.41, 5.74) is 1.20. The van der Waals surface area contributed by atoms with Crippen LogP contribution in [0.2, 0.25) is 0 Å². The average molecular weight is 398 g/mol. The molecule has 1 saturated carbocycles. The summed E-state index contributed by atoms with van der Waals surface area (Å²) >= 11 is 0. The van der Waals surface area contributed by atoms with Crippen LogP contribution < -0.4 is 14.8 Å². The molecule has 3 N–H and O–H groups in total. The average Bonchev–Trinajstić information content (AvgIpc) is 3.03. The fraction of sp³-hybridized carbons (Fsp3) is 0.632. The van der Waals surface area contributed by atoms with Gasteiger partial charge in [0.05, 0.1) is 0 Å². The van der Waals surface area contributed by atoms with E-state index in [0.29, 0.717) is 18.7 Å². The Bertz CT molecular complexity index is 705. The van der Waals surface area contributed by atoms with Gasteiger partial charge < -0.3 is 4.74 Å². The fourth-order valence-electron chi connectivity index (χ4n) is 2.98. The maximum atomic E-state index is 12.0. The van der Waals surface area contributed by atoms with Crippen LogP contribution in [0.25, 0.3) is 0 Å². The molecule has 152 valence electrons. The molecule has 0 spiro atoms. The van der Waals surface area contributed by atoms with Crippen molar-refractivity contribution in [1.29, 1.82) is 0 Å². The largest absolute Gasteiger partial charge is 0.444 e. The first-order valence-electron chi connectivity index (χ1n) is 9.49. The third kappa shape index (κ3) is 8.73. The van der Waals surface area contributed by atoms with E-state index in [1.807, 2.05) is 45.0 Å². The third-order valence-corrected chi connectivity index (χ3v) is 5.44. The second kappa shape index (κ2) is 9.52. The maximum absolute atomic E-state index is 12.0. The van der Waals surface area contributed by atoms with Crippen LogP contribution in [0.5, 0.6) is 0 Å². The van der Waals surface area contributed by atoms with Gasteiger partial charge in [0.2, 0.25) is 0 Å². The number of rotatable bonds is 8. The molecule has 7 nitrogen and oxygen atoms in total. The quantitative estimate of drug-likeness (QED) is 0.586. The normalized spacial score (nSPS) is 15.7. The van der Waals surface area contributed by atoms with Gasteiger partial charge in [-0.2, -0.15) is 13.1 Å². The van der Waals surface area contributed by atoms with E-state index >= 15 is 0 Å². The SMILES string of the molecule is CC(C)(C)OC(=O)Nc1ccc(CCCNS(=O)(=O)NC2CCCC2)cc1. The van der Waals surface area contributed by atoms with Gasteiger partial charge in [-0.15, -0.1) is 0 Å². The molecule has 2 rings (SSSR count). The van der Waals surface area contributed by atoms with Gasteiger partial charge in [0.15, 0.2) is 0 Å². The van der Waals surface area contributed by atoms with Crippen molar-refractivity contribution in [3.8, 4) is 0 Å². The Morgan fingerprint density at radius 1 is 1.15 bits per heavy atom. The molecule has 0 aliphatic heterocycles. The van der Waals surface area contributed by atoms with E-state index in [2.05, 4.69) is 14.8 Å². The van der Waals surface area contributed by atoms with E-state index in [9.17, 15) is 13.2 Å². The molecule has 1 aliphatic carbocycles. The molecule has 0 aromatic heterocycles. The first-order chi connectivity index (χ1) is 12.6. The number of hydrogen-bond donors (Lipinski definition) is 3. The molecule has 0 bridgehead atoms. The van der Waals surface area contributed by atoms with Crippen LogP contribution in [-0.2, 0) is 21.4 Å². The highest BCUT2D eigenvalue weighted by Gasteiger charge is 2.20. The van der Waals surface area contributed by atoms with Crippen LogP contribution in [0.3, 0.4) is 0 Å². The molecule has 1 amide bonds. The smallest absolute Gasteiger partial charge is 0.412 e. The number of carbonyl (C=O) groups excluding carboxylic acids is 1. The Morgan fingerprint density at radius 2 is 1.78 bits per heavy atom. The molecule has 0 atom stereocenters. The van der Waals surface area contributed by atoms with Crippen molar-refractivity contribution in [2.45, 2.75) is 70.9 Å². The van der Waals surface area contributed by atoms with Crippen molar-refractivity contribution in [3.63, 3.8) is 0 Å². The highest BCUT2D eigenvalue weighted by molar-refractivity contribution is 7.87. The van der Waals surface area contributed by atoms with Gasteiger partial charge >= 0.3 is 6.09 Å². The molecule has 0 unspecified atom stereocenters. The van der Waals surface area contributed by atoms with Crippen molar-refractivity contribution in [2.75, 3.05) is 11.9 Å². The summed E-state index contributed by atoms with van der Waals surface area (Å²) in [6, 6.07) is 7.53. The van der Waals surface area contributed by atoms with Gasteiger partial charge in [0, 0.05) is 18.3 Å². The molecule has 0 heterocycles. The summed E-state index contributed by atoms with van der Waals surface area (Å²) < 4.78 is 34.5. The van der Waals surface area contributed by atoms with Gasteiger partial charge in [-0.25, -0.2) is 9.52 Å². The lowest BCUT2D eigenvalue weighted by Crippen LogP contribution is -2.42. The van der Waals surface area contributed by atoms with Crippen molar-refractivity contribution in [3.05, 3.63) is 29.8 Å². The van der Waals surface area contributed by atoms with Crippen LogP contribution in [0.4, 0.5) is 10.5 Å². The van der Waals surface area contributed by atoms with E-state index in [0.717, 1.165) is 37.7 Å². The molecular weight excluding hydrogens is 366 g/mol. The second-order valence-corrected chi connectivity index (χ2v) is 9.46. The molecule has 27 heavy (non-hydrogen) atoms. The lowest BCUT2D eigenvalue weighted by atomic mass is 10.1. The first kappa shape index (κ1) is 21.7. The number of hydrogen-bond acceptors (Lipinski definition) is 4. The Labute approximate surface area is 162 Å². The maximum Gasteiger partial charge on any atom is 0.412 e. The zero-order chi connectivity index (χ0) is 19.9. The highest BCUT2D eigenvalue weighted by atomic mass is 32.2. The summed E-state index contributed by atoms with van der Waals surface area (Å²) in [6.45, 7) is 5.83. The number of nitrogens with one attached hydrogen (secondary N) is 3. The van der Waals surface area contributed by atoms with Crippen molar-refractivity contribution < 1.29 is 17.9 Å². The third-order valence-electron chi connectivity index (χ3n) is 4.21. The zero-order valence-electron chi connectivity index (χ0n) is 16.4. The number of benzene rings is 1. The van der Waals surface area contributed by atoms with Gasteiger partial charge in [-0.05, 0) is 64.2 Å². The molecule has 0 radical (unpaired) electrons. The minimum Gasteiger partial charge on any atom is -0.444 e. The van der Waals surface area contributed by atoms with Crippen molar-refractivity contribution in [1.82, 2.24) is 9.44 Å². The highest BCUT2D eigenvalue weighted by Crippen LogP contribution is 2.18. The number of aryl methyl sites for hydroxylation is 1. The predicted octanol–water partition coefficient (Wildman–Crippen LogP) is 3.33. The summed E-state index contributed by atoms with van der Waals surface area (Å²) in [6.07, 6.45) is 4.98. The summed E-state index contributed by atoms with van der Waals surface area (Å²) in [4.78, 5) is 11.7. The van der Waals surface area contributed by atoms with Crippen molar-refractivity contribution in [2.24, 2.45) is 0 Å². The number of amides is 1. The van der Waals surface area contributed by atoms with E-state index < -0.39 is 21.9 Å². The van der Waals surface area contributed by atoms with E-state index in [-0.39, 0.29) is 6.04 Å². The topological polar surface area (TPSA) is 96.5 Å². The van der Waals surface area contributed by atoms with Crippen LogP contribution >= 0.6 is 0 Å². The van der Waals surface area contributed by atoms with Crippen LogP contribution in [0.15, 0.2) is 24.3 Å². The van der Waals surface area contributed by atoms with Gasteiger partial charge in [-0.3, -0.25) is 5.32 Å².